The number of nitrogen functional groups attached to an aromatic ring is 1. The summed E-state index contributed by atoms with van der Waals surface area (Å²) in [4.78, 5) is 5.70. The molecule has 4 heteroatoms. The number of hydrogen-bond acceptors (Lipinski definition) is 4. The van der Waals surface area contributed by atoms with Crippen molar-refractivity contribution in [1.82, 2.24) is 4.98 Å². The van der Waals surface area contributed by atoms with Gasteiger partial charge in [0.1, 0.15) is 5.52 Å². The van der Waals surface area contributed by atoms with E-state index in [9.17, 15) is 0 Å². The van der Waals surface area contributed by atoms with E-state index in [1.54, 1.807) is 11.3 Å². The van der Waals surface area contributed by atoms with Gasteiger partial charge in [0.05, 0.1) is 10.6 Å². The summed E-state index contributed by atoms with van der Waals surface area (Å²) >= 11 is 1.60. The Kier molecular flexibility index (Phi) is 2.37. The van der Waals surface area contributed by atoms with Gasteiger partial charge in [-0.1, -0.05) is 19.1 Å². The summed E-state index contributed by atoms with van der Waals surface area (Å²) in [6.45, 7) is 2.11. The lowest BCUT2D eigenvalue weighted by molar-refractivity contribution is 0.620. The number of oxazole rings is 1. The Morgan fingerprint density at radius 2 is 2.18 bits per heavy atom. The van der Waals surface area contributed by atoms with E-state index in [-0.39, 0.29) is 0 Å². The third kappa shape index (κ3) is 1.70. The minimum atomic E-state index is 0.611. The number of benzene rings is 1. The predicted octanol–water partition coefficient (Wildman–Crippen LogP) is 3.70. The van der Waals surface area contributed by atoms with Crippen molar-refractivity contribution in [2.75, 3.05) is 5.73 Å². The highest BCUT2D eigenvalue weighted by atomic mass is 32.1. The number of anilines is 1. The van der Waals surface area contributed by atoms with Crippen molar-refractivity contribution in [3.63, 3.8) is 0 Å². The molecule has 0 fully saturated rings. The molecule has 0 spiro atoms. The fourth-order valence-corrected chi connectivity index (χ4v) is 2.65. The minimum Gasteiger partial charge on any atom is -0.436 e. The molecule has 0 bridgehead atoms. The van der Waals surface area contributed by atoms with Crippen molar-refractivity contribution in [2.24, 2.45) is 0 Å². The molecule has 0 amide bonds. The van der Waals surface area contributed by atoms with E-state index in [1.807, 2.05) is 24.3 Å². The molecule has 2 aromatic heterocycles. The average molecular weight is 244 g/mol. The zero-order chi connectivity index (χ0) is 11.8. The Morgan fingerprint density at radius 3 is 2.88 bits per heavy atom. The zero-order valence-electron chi connectivity index (χ0n) is 9.43. The standard InChI is InChI=1S/C13H12N2OS/c1-2-8-7-9(12(14)17-8)13-15-10-5-3-4-6-11(10)16-13/h3-7H,2,14H2,1H3. The Hall–Kier alpha value is -1.81. The molecule has 3 nitrogen and oxygen atoms in total. The van der Waals surface area contributed by atoms with Crippen molar-refractivity contribution in [3.8, 4) is 11.5 Å². The van der Waals surface area contributed by atoms with Crippen LogP contribution >= 0.6 is 11.3 Å². The second-order valence-electron chi connectivity index (χ2n) is 3.83. The Morgan fingerprint density at radius 1 is 1.35 bits per heavy atom. The van der Waals surface area contributed by atoms with Gasteiger partial charge in [0, 0.05) is 4.88 Å². The van der Waals surface area contributed by atoms with Crippen LogP contribution < -0.4 is 5.73 Å². The molecular formula is C13H12N2OS. The maximum Gasteiger partial charge on any atom is 0.230 e. The number of thiophene rings is 1. The SMILES string of the molecule is CCc1cc(-c2nc3ccccc3o2)c(N)s1. The van der Waals surface area contributed by atoms with Crippen LogP contribution in [0.5, 0.6) is 0 Å². The van der Waals surface area contributed by atoms with Crippen LogP contribution in [0.25, 0.3) is 22.6 Å². The van der Waals surface area contributed by atoms with E-state index in [0.717, 1.165) is 28.1 Å². The number of rotatable bonds is 2. The molecule has 0 atom stereocenters. The molecule has 0 saturated heterocycles. The number of aryl methyl sites for hydroxylation is 1. The summed E-state index contributed by atoms with van der Waals surface area (Å²) in [5.74, 6) is 0.611. The molecular weight excluding hydrogens is 232 g/mol. The number of para-hydroxylation sites is 2. The van der Waals surface area contributed by atoms with E-state index in [1.165, 1.54) is 4.88 Å². The van der Waals surface area contributed by atoms with E-state index >= 15 is 0 Å². The molecule has 17 heavy (non-hydrogen) atoms. The van der Waals surface area contributed by atoms with Gasteiger partial charge in [-0.05, 0) is 24.6 Å². The van der Waals surface area contributed by atoms with E-state index < -0.39 is 0 Å². The Balaban J connectivity index is 2.16. The quantitative estimate of drug-likeness (QED) is 0.747. The van der Waals surface area contributed by atoms with Crippen molar-refractivity contribution < 1.29 is 4.42 Å². The largest absolute Gasteiger partial charge is 0.436 e. The third-order valence-corrected chi connectivity index (χ3v) is 3.79. The van der Waals surface area contributed by atoms with Crippen LogP contribution in [-0.4, -0.2) is 4.98 Å². The molecule has 0 radical (unpaired) electrons. The second kappa shape index (κ2) is 3.89. The summed E-state index contributed by atoms with van der Waals surface area (Å²) < 4.78 is 5.71. The van der Waals surface area contributed by atoms with Crippen LogP contribution in [0.1, 0.15) is 11.8 Å². The molecule has 0 aliphatic rings. The molecule has 1 aromatic carbocycles. The van der Waals surface area contributed by atoms with Crippen molar-refractivity contribution >= 4 is 27.4 Å². The lowest BCUT2D eigenvalue weighted by Crippen LogP contribution is -1.82. The lowest BCUT2D eigenvalue weighted by Gasteiger charge is -1.90. The van der Waals surface area contributed by atoms with Crippen LogP contribution in [0.2, 0.25) is 0 Å². The Labute approximate surface area is 103 Å². The first kappa shape index (κ1) is 10.4. The lowest BCUT2D eigenvalue weighted by atomic mass is 10.2. The van der Waals surface area contributed by atoms with Gasteiger partial charge in [-0.2, -0.15) is 0 Å². The predicted molar refractivity (Wildman–Crippen MR) is 71.1 cm³/mol. The maximum atomic E-state index is 5.99. The molecule has 2 N–H and O–H groups in total. The number of nitrogens with zero attached hydrogens (tertiary/aromatic N) is 1. The van der Waals surface area contributed by atoms with Gasteiger partial charge in [-0.15, -0.1) is 11.3 Å². The number of nitrogens with two attached hydrogens (primary N) is 1. The number of hydrogen-bond donors (Lipinski definition) is 1. The van der Waals surface area contributed by atoms with Crippen molar-refractivity contribution in [1.29, 1.82) is 0 Å². The molecule has 3 aromatic rings. The first-order chi connectivity index (χ1) is 8.28. The van der Waals surface area contributed by atoms with Gasteiger partial charge >= 0.3 is 0 Å². The molecule has 2 heterocycles. The topological polar surface area (TPSA) is 52.0 Å². The summed E-state index contributed by atoms with van der Waals surface area (Å²) in [6.07, 6.45) is 0.981. The number of aromatic nitrogens is 1. The Bertz CT molecular complexity index is 636. The smallest absolute Gasteiger partial charge is 0.230 e. The fourth-order valence-electron chi connectivity index (χ4n) is 1.79. The fraction of sp³-hybridized carbons (Fsp3) is 0.154. The summed E-state index contributed by atoms with van der Waals surface area (Å²) in [7, 11) is 0. The first-order valence-electron chi connectivity index (χ1n) is 5.52. The molecule has 0 saturated carbocycles. The second-order valence-corrected chi connectivity index (χ2v) is 5.00. The summed E-state index contributed by atoms with van der Waals surface area (Å²) in [6, 6.07) is 9.79. The van der Waals surface area contributed by atoms with Gasteiger partial charge in [0.2, 0.25) is 5.89 Å². The highest BCUT2D eigenvalue weighted by Crippen LogP contribution is 2.35. The van der Waals surface area contributed by atoms with Crippen LogP contribution in [0.15, 0.2) is 34.7 Å². The average Bonchev–Trinajstić information content (AvgIpc) is 2.91. The van der Waals surface area contributed by atoms with Gasteiger partial charge < -0.3 is 10.2 Å². The van der Waals surface area contributed by atoms with Crippen LogP contribution in [0.3, 0.4) is 0 Å². The first-order valence-corrected chi connectivity index (χ1v) is 6.33. The third-order valence-electron chi connectivity index (χ3n) is 2.68. The minimum absolute atomic E-state index is 0.611. The van der Waals surface area contributed by atoms with Gasteiger partial charge in [-0.3, -0.25) is 0 Å². The normalized spacial score (nSPS) is 11.1. The van der Waals surface area contributed by atoms with E-state index in [0.29, 0.717) is 5.89 Å². The maximum absolute atomic E-state index is 5.99. The van der Waals surface area contributed by atoms with Crippen LogP contribution in [-0.2, 0) is 6.42 Å². The van der Waals surface area contributed by atoms with Gasteiger partial charge in [-0.25, -0.2) is 4.98 Å². The summed E-state index contributed by atoms with van der Waals surface area (Å²) in [5.41, 5.74) is 8.56. The monoisotopic (exact) mass is 244 g/mol. The summed E-state index contributed by atoms with van der Waals surface area (Å²) in [5, 5.41) is 0.772. The zero-order valence-corrected chi connectivity index (χ0v) is 10.3. The van der Waals surface area contributed by atoms with Crippen LogP contribution in [0, 0.1) is 0 Å². The van der Waals surface area contributed by atoms with Gasteiger partial charge in [0.25, 0.3) is 0 Å². The molecule has 0 unspecified atom stereocenters. The molecule has 0 aliphatic carbocycles. The van der Waals surface area contributed by atoms with E-state index in [4.69, 9.17) is 10.2 Å². The highest BCUT2D eigenvalue weighted by molar-refractivity contribution is 7.16. The molecule has 86 valence electrons. The van der Waals surface area contributed by atoms with Gasteiger partial charge in [0.15, 0.2) is 5.58 Å². The molecule has 3 rings (SSSR count). The van der Waals surface area contributed by atoms with Crippen LogP contribution in [0.4, 0.5) is 5.00 Å². The van der Waals surface area contributed by atoms with Crippen molar-refractivity contribution in [3.05, 3.63) is 35.2 Å². The molecule has 0 aliphatic heterocycles. The van der Waals surface area contributed by atoms with E-state index in [2.05, 4.69) is 18.0 Å². The van der Waals surface area contributed by atoms with Crippen molar-refractivity contribution in [2.45, 2.75) is 13.3 Å². The highest BCUT2D eigenvalue weighted by Gasteiger charge is 2.13. The number of fused-ring (bicyclic) bond motifs is 1.